The lowest BCUT2D eigenvalue weighted by molar-refractivity contribution is -0.152. The van der Waals surface area contributed by atoms with Crippen molar-refractivity contribution in [1.29, 1.82) is 0 Å². The van der Waals surface area contributed by atoms with E-state index in [2.05, 4.69) is 13.8 Å². The van der Waals surface area contributed by atoms with Crippen molar-refractivity contribution in [2.75, 3.05) is 13.7 Å². The Bertz CT molecular complexity index is 653. The second kappa shape index (κ2) is 6.27. The monoisotopic (exact) mass is 360 g/mol. The Balaban J connectivity index is 1.73. The first-order valence-electron chi connectivity index (χ1n) is 10.3. The van der Waals surface area contributed by atoms with Gasteiger partial charge in [0, 0.05) is 19.4 Å². The lowest BCUT2D eigenvalue weighted by Gasteiger charge is -2.60. The first-order valence-corrected chi connectivity index (χ1v) is 10.3. The molecular weight excluding hydrogens is 328 g/mol. The van der Waals surface area contributed by atoms with Gasteiger partial charge in [-0.05, 0) is 73.2 Å². The largest absolute Gasteiger partial charge is 0.389 e. The number of ether oxygens (including phenoxy) is 1. The fourth-order valence-electron chi connectivity index (χ4n) is 7.52. The molecule has 26 heavy (non-hydrogen) atoms. The molecule has 0 unspecified atom stereocenters. The van der Waals surface area contributed by atoms with Gasteiger partial charge < -0.3 is 9.84 Å². The SMILES string of the molecule is CO[C@H]1C[C@]2(C)[C@@H](C(=O)CO)CC[C@H]2[C@@H]2CCC3=CC(=O)CC[C@]3(C)[C@H]21. The first kappa shape index (κ1) is 18.4. The van der Waals surface area contributed by atoms with Gasteiger partial charge in [-0.3, -0.25) is 9.59 Å². The molecule has 4 aliphatic carbocycles. The standard InChI is InChI=1S/C22H32O4/c1-21-9-8-14(24)10-13(21)4-5-15-16-6-7-17(18(25)12-23)22(16,2)11-19(26-3)20(15)21/h10,15-17,19-20,23H,4-9,11-12H2,1-3H3/t15-,16-,17+,19-,20+,21-,22-/m0/s1. The van der Waals surface area contributed by atoms with E-state index in [0.717, 1.165) is 38.5 Å². The van der Waals surface area contributed by atoms with E-state index in [1.165, 1.54) is 5.57 Å². The summed E-state index contributed by atoms with van der Waals surface area (Å²) in [5.74, 6) is 1.76. The first-order chi connectivity index (χ1) is 12.3. The molecule has 0 aromatic carbocycles. The molecule has 144 valence electrons. The number of ketones is 2. The molecule has 4 heteroatoms. The van der Waals surface area contributed by atoms with Crippen LogP contribution in [0.4, 0.5) is 0 Å². The third kappa shape index (κ3) is 2.41. The summed E-state index contributed by atoms with van der Waals surface area (Å²) in [7, 11) is 1.80. The lowest BCUT2D eigenvalue weighted by Crippen LogP contribution is -2.57. The van der Waals surface area contributed by atoms with Crippen molar-refractivity contribution in [1.82, 2.24) is 0 Å². The maximum atomic E-state index is 12.4. The molecule has 3 fully saturated rings. The number of fused-ring (bicyclic) bond motifs is 5. The lowest BCUT2D eigenvalue weighted by atomic mass is 9.46. The minimum atomic E-state index is -0.342. The zero-order valence-electron chi connectivity index (χ0n) is 16.3. The number of Topliss-reactive ketones (excluding diaryl/α,β-unsaturated/α-hetero) is 1. The highest BCUT2D eigenvalue weighted by molar-refractivity contribution is 5.91. The molecule has 4 nitrogen and oxygen atoms in total. The fraction of sp³-hybridized carbons (Fsp3) is 0.818. The second-order valence-corrected chi connectivity index (χ2v) is 9.63. The van der Waals surface area contributed by atoms with E-state index in [0.29, 0.717) is 24.2 Å². The maximum Gasteiger partial charge on any atom is 0.161 e. The zero-order valence-corrected chi connectivity index (χ0v) is 16.3. The van der Waals surface area contributed by atoms with Gasteiger partial charge in [0.1, 0.15) is 6.61 Å². The number of aliphatic hydroxyl groups is 1. The highest BCUT2D eigenvalue weighted by Crippen LogP contribution is 2.67. The maximum absolute atomic E-state index is 12.4. The highest BCUT2D eigenvalue weighted by Gasteiger charge is 2.63. The van der Waals surface area contributed by atoms with Gasteiger partial charge in [0.25, 0.3) is 0 Å². The number of allylic oxidation sites excluding steroid dienone is 1. The molecule has 0 aliphatic heterocycles. The van der Waals surface area contributed by atoms with Crippen molar-refractivity contribution in [2.45, 2.75) is 64.9 Å². The van der Waals surface area contributed by atoms with Gasteiger partial charge in [-0.25, -0.2) is 0 Å². The van der Waals surface area contributed by atoms with Crippen molar-refractivity contribution in [2.24, 2.45) is 34.5 Å². The van der Waals surface area contributed by atoms with Crippen LogP contribution in [0.5, 0.6) is 0 Å². The Hall–Kier alpha value is -1.00. The van der Waals surface area contributed by atoms with E-state index in [1.807, 2.05) is 6.08 Å². The van der Waals surface area contributed by atoms with Crippen LogP contribution in [0.1, 0.15) is 58.8 Å². The van der Waals surface area contributed by atoms with E-state index < -0.39 is 0 Å². The van der Waals surface area contributed by atoms with E-state index in [-0.39, 0.29) is 41.0 Å². The molecule has 7 atom stereocenters. The van der Waals surface area contributed by atoms with Crippen LogP contribution >= 0.6 is 0 Å². The van der Waals surface area contributed by atoms with Gasteiger partial charge in [-0.1, -0.05) is 19.4 Å². The molecule has 0 radical (unpaired) electrons. The van der Waals surface area contributed by atoms with Crippen molar-refractivity contribution in [3.63, 3.8) is 0 Å². The summed E-state index contributed by atoms with van der Waals surface area (Å²) in [6, 6.07) is 0. The predicted octanol–water partition coefficient (Wildman–Crippen LogP) is 3.32. The number of rotatable bonds is 3. The molecule has 0 spiro atoms. The van der Waals surface area contributed by atoms with Crippen LogP contribution in [0.15, 0.2) is 11.6 Å². The summed E-state index contributed by atoms with van der Waals surface area (Å²) in [4.78, 5) is 24.4. The van der Waals surface area contributed by atoms with Crippen LogP contribution in [0.3, 0.4) is 0 Å². The van der Waals surface area contributed by atoms with Crippen LogP contribution in [0.2, 0.25) is 0 Å². The van der Waals surface area contributed by atoms with E-state index in [4.69, 9.17) is 4.74 Å². The Morgan fingerprint density at radius 3 is 2.73 bits per heavy atom. The molecule has 1 N–H and O–H groups in total. The van der Waals surface area contributed by atoms with Crippen LogP contribution in [-0.2, 0) is 14.3 Å². The summed E-state index contributed by atoms with van der Waals surface area (Å²) < 4.78 is 6.05. The molecule has 4 rings (SSSR count). The van der Waals surface area contributed by atoms with Gasteiger partial charge in [0.2, 0.25) is 0 Å². The fourth-order valence-corrected chi connectivity index (χ4v) is 7.52. The van der Waals surface area contributed by atoms with Gasteiger partial charge in [0.15, 0.2) is 11.6 Å². The summed E-state index contributed by atoms with van der Waals surface area (Å²) in [5, 5.41) is 9.46. The molecule has 0 aromatic rings. The molecule has 4 aliphatic rings. The number of carbonyl (C=O) groups excluding carboxylic acids is 2. The Kier molecular flexibility index (Phi) is 4.43. The molecular formula is C22H32O4. The third-order valence-corrected chi connectivity index (χ3v) is 8.72. The third-order valence-electron chi connectivity index (χ3n) is 8.72. The number of hydrogen-bond acceptors (Lipinski definition) is 4. The number of aliphatic hydroxyl groups excluding tert-OH is 1. The quantitative estimate of drug-likeness (QED) is 0.839. The normalized spacial score (nSPS) is 47.6. The second-order valence-electron chi connectivity index (χ2n) is 9.63. The number of carbonyl (C=O) groups is 2. The average Bonchev–Trinajstić information content (AvgIpc) is 2.97. The van der Waals surface area contributed by atoms with Crippen molar-refractivity contribution in [3.05, 3.63) is 11.6 Å². The molecule has 0 bridgehead atoms. The number of hydrogen-bond donors (Lipinski definition) is 1. The summed E-state index contributed by atoms with van der Waals surface area (Å²) in [6.45, 7) is 4.27. The summed E-state index contributed by atoms with van der Waals surface area (Å²) in [5.41, 5.74) is 1.32. The van der Waals surface area contributed by atoms with E-state index in [1.54, 1.807) is 7.11 Å². The van der Waals surface area contributed by atoms with Crippen LogP contribution < -0.4 is 0 Å². The zero-order chi connectivity index (χ0) is 18.7. The molecule has 3 saturated carbocycles. The van der Waals surface area contributed by atoms with Crippen LogP contribution in [-0.4, -0.2) is 36.5 Å². The predicted molar refractivity (Wildman–Crippen MR) is 98.5 cm³/mol. The highest BCUT2D eigenvalue weighted by atomic mass is 16.5. The van der Waals surface area contributed by atoms with E-state index in [9.17, 15) is 14.7 Å². The molecule has 0 saturated heterocycles. The minimum Gasteiger partial charge on any atom is -0.389 e. The summed E-state index contributed by atoms with van der Waals surface area (Å²) >= 11 is 0. The minimum absolute atomic E-state index is 0.00849. The van der Waals surface area contributed by atoms with Gasteiger partial charge in [-0.15, -0.1) is 0 Å². The Labute approximate surface area is 156 Å². The molecule has 0 aromatic heterocycles. The molecule has 0 amide bonds. The van der Waals surface area contributed by atoms with Crippen molar-refractivity contribution in [3.8, 4) is 0 Å². The average molecular weight is 360 g/mol. The Morgan fingerprint density at radius 1 is 1.27 bits per heavy atom. The van der Waals surface area contributed by atoms with Gasteiger partial charge in [-0.2, -0.15) is 0 Å². The van der Waals surface area contributed by atoms with Crippen LogP contribution in [0, 0.1) is 34.5 Å². The Morgan fingerprint density at radius 2 is 2.04 bits per heavy atom. The van der Waals surface area contributed by atoms with Gasteiger partial charge in [0.05, 0.1) is 6.10 Å². The van der Waals surface area contributed by atoms with Crippen molar-refractivity contribution < 1.29 is 19.4 Å². The van der Waals surface area contributed by atoms with Crippen molar-refractivity contribution >= 4 is 11.6 Å². The van der Waals surface area contributed by atoms with Gasteiger partial charge >= 0.3 is 0 Å². The molecule has 0 heterocycles. The number of methoxy groups -OCH3 is 1. The smallest absolute Gasteiger partial charge is 0.161 e. The van der Waals surface area contributed by atoms with Crippen LogP contribution in [0.25, 0.3) is 0 Å². The van der Waals surface area contributed by atoms with E-state index >= 15 is 0 Å². The summed E-state index contributed by atoms with van der Waals surface area (Å²) in [6.07, 6.45) is 8.60. The topological polar surface area (TPSA) is 63.6 Å².